The minimum atomic E-state index is -0.298. The van der Waals surface area contributed by atoms with Crippen molar-refractivity contribution in [2.75, 3.05) is 37.8 Å². The number of aromatic nitrogens is 1. The Labute approximate surface area is 128 Å². The fraction of sp³-hybridized carbons (Fsp3) is 0.688. The first-order valence-electron chi connectivity index (χ1n) is 7.63. The quantitative estimate of drug-likeness (QED) is 0.923. The molecule has 5 nitrogen and oxygen atoms in total. The lowest BCUT2D eigenvalue weighted by atomic mass is 10.2. The highest BCUT2D eigenvalue weighted by molar-refractivity contribution is 5.55. The van der Waals surface area contributed by atoms with Crippen molar-refractivity contribution in [2.45, 2.75) is 45.3 Å². The van der Waals surface area contributed by atoms with Crippen molar-refractivity contribution in [3.8, 4) is 5.88 Å². The van der Waals surface area contributed by atoms with Crippen LogP contribution in [-0.4, -0.2) is 48.7 Å². The van der Waals surface area contributed by atoms with Crippen LogP contribution < -0.4 is 15.4 Å². The van der Waals surface area contributed by atoms with Crippen molar-refractivity contribution in [1.29, 1.82) is 0 Å². The fourth-order valence-corrected chi connectivity index (χ4v) is 2.72. The Balaban J connectivity index is 2.21. The van der Waals surface area contributed by atoms with Gasteiger partial charge in [0.15, 0.2) is 0 Å². The Morgan fingerprint density at radius 2 is 2.10 bits per heavy atom. The summed E-state index contributed by atoms with van der Waals surface area (Å²) in [7, 11) is 4.22. The summed E-state index contributed by atoms with van der Waals surface area (Å²) in [5, 5.41) is 0. The maximum absolute atomic E-state index is 6.00. The topological polar surface area (TPSA) is 54.6 Å². The third-order valence-corrected chi connectivity index (χ3v) is 3.53. The molecule has 21 heavy (non-hydrogen) atoms. The molecule has 1 aromatic rings. The highest BCUT2D eigenvalue weighted by Gasteiger charge is 2.27. The van der Waals surface area contributed by atoms with Gasteiger partial charge in [-0.15, -0.1) is 0 Å². The molecule has 1 saturated heterocycles. The van der Waals surface area contributed by atoms with Crippen molar-refractivity contribution in [1.82, 2.24) is 9.88 Å². The number of hydrogen-bond acceptors (Lipinski definition) is 5. The second-order valence-electron chi connectivity index (χ2n) is 7.03. The van der Waals surface area contributed by atoms with Crippen LogP contribution in [0.4, 0.5) is 11.5 Å². The molecule has 2 heterocycles. The van der Waals surface area contributed by atoms with Gasteiger partial charge in [-0.1, -0.05) is 0 Å². The van der Waals surface area contributed by atoms with Crippen molar-refractivity contribution in [3.63, 3.8) is 0 Å². The molecule has 1 unspecified atom stereocenters. The third-order valence-electron chi connectivity index (χ3n) is 3.53. The number of nitrogens with two attached hydrogens (primary N) is 1. The first kappa shape index (κ1) is 15.9. The second-order valence-corrected chi connectivity index (χ2v) is 7.03. The standard InChI is InChI=1S/C16H28N4O/c1-16(2,3)21-15-13(17)8-9-14(18-15)20-10-6-7-12(20)11-19(4)5/h8-9,12H,6-7,10-11,17H2,1-5H3. The minimum Gasteiger partial charge on any atom is -0.470 e. The van der Waals surface area contributed by atoms with Gasteiger partial charge in [0.25, 0.3) is 0 Å². The lowest BCUT2D eigenvalue weighted by Gasteiger charge is -2.29. The molecule has 1 atom stereocenters. The van der Waals surface area contributed by atoms with Crippen LogP contribution in [0.3, 0.4) is 0 Å². The van der Waals surface area contributed by atoms with E-state index in [4.69, 9.17) is 10.5 Å². The Hall–Kier alpha value is -1.49. The van der Waals surface area contributed by atoms with Crippen LogP contribution in [0, 0.1) is 0 Å². The molecule has 0 amide bonds. The number of ether oxygens (including phenoxy) is 1. The van der Waals surface area contributed by atoms with Crippen molar-refractivity contribution in [2.24, 2.45) is 0 Å². The van der Waals surface area contributed by atoms with Gasteiger partial charge in [0.1, 0.15) is 11.4 Å². The maximum Gasteiger partial charge on any atom is 0.239 e. The van der Waals surface area contributed by atoms with E-state index >= 15 is 0 Å². The van der Waals surface area contributed by atoms with E-state index in [0.29, 0.717) is 17.6 Å². The molecular weight excluding hydrogens is 264 g/mol. The molecule has 2 rings (SSSR count). The summed E-state index contributed by atoms with van der Waals surface area (Å²) in [6, 6.07) is 4.41. The molecule has 1 aromatic heterocycles. The molecule has 0 aromatic carbocycles. The van der Waals surface area contributed by atoms with Gasteiger partial charge < -0.3 is 20.3 Å². The van der Waals surface area contributed by atoms with Crippen LogP contribution in [0.2, 0.25) is 0 Å². The molecule has 0 radical (unpaired) electrons. The van der Waals surface area contributed by atoms with Gasteiger partial charge in [-0.3, -0.25) is 0 Å². The summed E-state index contributed by atoms with van der Waals surface area (Å²) >= 11 is 0. The van der Waals surface area contributed by atoms with Crippen molar-refractivity contribution >= 4 is 11.5 Å². The van der Waals surface area contributed by atoms with Crippen LogP contribution in [0.1, 0.15) is 33.6 Å². The van der Waals surface area contributed by atoms with E-state index in [-0.39, 0.29) is 5.60 Å². The summed E-state index contributed by atoms with van der Waals surface area (Å²) < 4.78 is 5.88. The molecule has 0 bridgehead atoms. The van der Waals surface area contributed by atoms with Gasteiger partial charge in [-0.2, -0.15) is 4.98 Å². The van der Waals surface area contributed by atoms with Crippen molar-refractivity contribution < 1.29 is 4.74 Å². The molecule has 1 aliphatic rings. The summed E-state index contributed by atoms with van der Waals surface area (Å²) in [4.78, 5) is 9.26. The van der Waals surface area contributed by atoms with Gasteiger partial charge in [0.2, 0.25) is 5.88 Å². The van der Waals surface area contributed by atoms with E-state index in [9.17, 15) is 0 Å². The van der Waals surface area contributed by atoms with E-state index in [1.807, 2.05) is 32.9 Å². The highest BCUT2D eigenvalue weighted by atomic mass is 16.5. The number of nitrogens with zero attached hydrogens (tertiary/aromatic N) is 3. The Morgan fingerprint density at radius 3 is 2.71 bits per heavy atom. The van der Waals surface area contributed by atoms with E-state index in [0.717, 1.165) is 18.9 Å². The van der Waals surface area contributed by atoms with Gasteiger partial charge in [-0.25, -0.2) is 0 Å². The lowest BCUT2D eigenvalue weighted by Crippen LogP contribution is -2.38. The van der Waals surface area contributed by atoms with Gasteiger partial charge in [0, 0.05) is 19.1 Å². The first-order valence-corrected chi connectivity index (χ1v) is 7.63. The van der Waals surface area contributed by atoms with Gasteiger partial charge in [-0.05, 0) is 59.8 Å². The van der Waals surface area contributed by atoms with Crippen LogP contribution >= 0.6 is 0 Å². The van der Waals surface area contributed by atoms with Crippen LogP contribution in [0.25, 0.3) is 0 Å². The highest BCUT2D eigenvalue weighted by Crippen LogP contribution is 2.30. The average molecular weight is 292 g/mol. The normalized spacial score (nSPS) is 19.3. The smallest absolute Gasteiger partial charge is 0.239 e. The molecule has 0 saturated carbocycles. The van der Waals surface area contributed by atoms with Crippen LogP contribution in [-0.2, 0) is 0 Å². The number of rotatable bonds is 4. The first-order chi connectivity index (χ1) is 9.76. The van der Waals surface area contributed by atoms with Gasteiger partial charge in [0.05, 0.1) is 5.69 Å². The zero-order chi connectivity index (χ0) is 15.6. The van der Waals surface area contributed by atoms with E-state index < -0.39 is 0 Å². The summed E-state index contributed by atoms with van der Waals surface area (Å²) in [6.07, 6.45) is 2.42. The fourth-order valence-electron chi connectivity index (χ4n) is 2.72. The monoisotopic (exact) mass is 292 g/mol. The Morgan fingerprint density at radius 1 is 1.38 bits per heavy atom. The average Bonchev–Trinajstić information content (AvgIpc) is 2.77. The minimum absolute atomic E-state index is 0.298. The van der Waals surface area contributed by atoms with E-state index in [1.54, 1.807) is 0 Å². The summed E-state index contributed by atoms with van der Waals surface area (Å²) in [5.74, 6) is 1.50. The van der Waals surface area contributed by atoms with Crippen LogP contribution in [0.5, 0.6) is 5.88 Å². The Kier molecular flexibility index (Phi) is 4.61. The van der Waals surface area contributed by atoms with Gasteiger partial charge >= 0.3 is 0 Å². The number of pyridine rings is 1. The molecule has 118 valence electrons. The molecule has 1 aliphatic heterocycles. The largest absolute Gasteiger partial charge is 0.470 e. The van der Waals surface area contributed by atoms with E-state index in [1.165, 1.54) is 12.8 Å². The number of hydrogen-bond donors (Lipinski definition) is 1. The third kappa shape index (κ3) is 4.24. The molecule has 1 fully saturated rings. The predicted octanol–water partition coefficient (Wildman–Crippen LogP) is 2.37. The number of likely N-dealkylation sites (N-methyl/N-ethyl adjacent to an activating group) is 1. The molecule has 5 heteroatoms. The summed E-state index contributed by atoms with van der Waals surface area (Å²) in [6.45, 7) is 8.11. The lowest BCUT2D eigenvalue weighted by molar-refractivity contribution is 0.125. The van der Waals surface area contributed by atoms with E-state index in [2.05, 4.69) is 28.9 Å². The Bertz CT molecular complexity index is 482. The summed E-state index contributed by atoms with van der Waals surface area (Å²) in [5.41, 5.74) is 6.29. The van der Waals surface area contributed by atoms with Crippen molar-refractivity contribution in [3.05, 3.63) is 12.1 Å². The molecule has 0 aliphatic carbocycles. The zero-order valence-corrected chi connectivity index (χ0v) is 13.9. The molecule has 0 spiro atoms. The second kappa shape index (κ2) is 6.10. The maximum atomic E-state index is 6.00. The molecule has 2 N–H and O–H groups in total. The molecular formula is C16H28N4O. The number of anilines is 2. The van der Waals surface area contributed by atoms with Crippen LogP contribution in [0.15, 0.2) is 12.1 Å². The zero-order valence-electron chi connectivity index (χ0n) is 13.9. The predicted molar refractivity (Wildman–Crippen MR) is 88.0 cm³/mol. The number of nitrogen functional groups attached to an aromatic ring is 1. The SMILES string of the molecule is CN(C)CC1CCCN1c1ccc(N)c(OC(C)(C)C)n1.